The van der Waals surface area contributed by atoms with Crippen molar-refractivity contribution >= 4 is 11.6 Å². The average molecular weight is 309 g/mol. The molecular weight excluding hydrogens is 290 g/mol. The predicted octanol–water partition coefficient (Wildman–Crippen LogP) is 6.09. The molecule has 0 aliphatic carbocycles. The summed E-state index contributed by atoms with van der Waals surface area (Å²) in [6, 6.07) is 9.77. The maximum absolute atomic E-state index is 14.3. The summed E-state index contributed by atoms with van der Waals surface area (Å²) in [6.07, 6.45) is 0.451. The summed E-state index contributed by atoms with van der Waals surface area (Å²) in [5.41, 5.74) is 2.23. The van der Waals surface area contributed by atoms with Gasteiger partial charge in [0.2, 0.25) is 0 Å². The van der Waals surface area contributed by atoms with Crippen molar-refractivity contribution in [3.8, 4) is 0 Å². The summed E-state index contributed by atoms with van der Waals surface area (Å²) >= 11 is 6.23. The van der Waals surface area contributed by atoms with E-state index in [-0.39, 0.29) is 23.5 Å². The molecule has 0 nitrogen and oxygen atoms in total. The third-order valence-electron chi connectivity index (χ3n) is 3.76. The zero-order valence-electron chi connectivity index (χ0n) is 12.5. The Morgan fingerprint density at radius 3 is 2.29 bits per heavy atom. The molecule has 112 valence electrons. The monoisotopic (exact) mass is 308 g/mol. The van der Waals surface area contributed by atoms with E-state index in [1.54, 1.807) is 12.1 Å². The van der Waals surface area contributed by atoms with Crippen LogP contribution in [0.2, 0.25) is 5.02 Å². The highest BCUT2D eigenvalue weighted by molar-refractivity contribution is 6.31. The Labute approximate surface area is 129 Å². The molecule has 1 atom stereocenters. The fraction of sp³-hybridized carbons (Fsp3) is 0.333. The van der Waals surface area contributed by atoms with Crippen LogP contribution < -0.4 is 0 Å². The van der Waals surface area contributed by atoms with E-state index in [0.717, 1.165) is 11.1 Å². The van der Waals surface area contributed by atoms with Crippen molar-refractivity contribution in [2.24, 2.45) is 0 Å². The van der Waals surface area contributed by atoms with Gasteiger partial charge in [-0.3, -0.25) is 0 Å². The fourth-order valence-corrected chi connectivity index (χ4v) is 2.68. The van der Waals surface area contributed by atoms with Crippen molar-refractivity contribution in [1.29, 1.82) is 0 Å². The molecule has 0 saturated heterocycles. The number of benzene rings is 2. The first-order valence-corrected chi connectivity index (χ1v) is 7.49. The lowest BCUT2D eigenvalue weighted by molar-refractivity contribution is 0.591. The molecule has 2 aromatic carbocycles. The van der Waals surface area contributed by atoms with Gasteiger partial charge in [-0.2, -0.15) is 0 Å². The number of hydrogen-bond acceptors (Lipinski definition) is 0. The highest BCUT2D eigenvalue weighted by Crippen LogP contribution is 2.30. The highest BCUT2D eigenvalue weighted by atomic mass is 35.5. The molecule has 2 aromatic rings. The minimum atomic E-state index is -0.283. The molecule has 0 spiro atoms. The van der Waals surface area contributed by atoms with E-state index in [0.29, 0.717) is 17.0 Å². The molecule has 3 heteroatoms. The zero-order chi connectivity index (χ0) is 15.6. The summed E-state index contributed by atoms with van der Waals surface area (Å²) < 4.78 is 27.5. The van der Waals surface area contributed by atoms with E-state index >= 15 is 0 Å². The third-order valence-corrected chi connectivity index (χ3v) is 4.10. The first-order chi connectivity index (χ1) is 9.88. The molecule has 0 N–H and O–H groups in total. The van der Waals surface area contributed by atoms with E-state index in [1.807, 2.05) is 32.9 Å². The average Bonchev–Trinajstić information content (AvgIpc) is 2.42. The quantitative estimate of drug-likeness (QED) is 0.641. The van der Waals surface area contributed by atoms with Gasteiger partial charge in [0.15, 0.2) is 0 Å². The van der Waals surface area contributed by atoms with Gasteiger partial charge < -0.3 is 0 Å². The van der Waals surface area contributed by atoms with Crippen LogP contribution in [0.15, 0.2) is 36.4 Å². The molecule has 0 bridgehead atoms. The van der Waals surface area contributed by atoms with Crippen molar-refractivity contribution in [3.63, 3.8) is 0 Å². The molecule has 2 rings (SSSR count). The van der Waals surface area contributed by atoms with E-state index in [9.17, 15) is 8.78 Å². The van der Waals surface area contributed by atoms with Gasteiger partial charge in [0.05, 0.1) is 0 Å². The summed E-state index contributed by atoms with van der Waals surface area (Å²) in [4.78, 5) is 0. The van der Waals surface area contributed by atoms with Gasteiger partial charge in [-0.1, -0.05) is 44.5 Å². The molecule has 21 heavy (non-hydrogen) atoms. The molecule has 0 saturated carbocycles. The van der Waals surface area contributed by atoms with E-state index < -0.39 is 0 Å². The second-order valence-electron chi connectivity index (χ2n) is 5.78. The van der Waals surface area contributed by atoms with Crippen LogP contribution in [-0.4, -0.2) is 0 Å². The Balaban J connectivity index is 2.27. The lowest BCUT2D eigenvalue weighted by Gasteiger charge is -2.16. The summed E-state index contributed by atoms with van der Waals surface area (Å²) in [5.74, 6) is -0.333. The minimum absolute atomic E-state index is 0.00222. The van der Waals surface area contributed by atoms with Crippen LogP contribution >= 0.6 is 11.6 Å². The summed E-state index contributed by atoms with van der Waals surface area (Å²) in [6.45, 7) is 5.95. The largest absolute Gasteiger partial charge is 0.207 e. The maximum Gasteiger partial charge on any atom is 0.128 e. The topological polar surface area (TPSA) is 0 Å². The van der Waals surface area contributed by atoms with Crippen molar-refractivity contribution in [1.82, 2.24) is 0 Å². The van der Waals surface area contributed by atoms with Crippen LogP contribution in [-0.2, 0) is 6.42 Å². The molecular formula is C18H19ClF2. The number of halogens is 3. The first-order valence-electron chi connectivity index (χ1n) is 7.11. The maximum atomic E-state index is 14.3. The standard InChI is InChI=1S/C18H19ClF2/c1-11(2)14-9-17(19)16(18(21)10-14)7-12(3)13-5-4-6-15(20)8-13/h4-6,8-12H,7H2,1-3H3. The first kappa shape index (κ1) is 16.0. The van der Waals surface area contributed by atoms with E-state index in [2.05, 4.69) is 0 Å². The zero-order valence-corrected chi connectivity index (χ0v) is 13.2. The van der Waals surface area contributed by atoms with Crippen LogP contribution in [0.4, 0.5) is 8.78 Å². The number of rotatable bonds is 4. The molecule has 0 heterocycles. The van der Waals surface area contributed by atoms with Gasteiger partial charge >= 0.3 is 0 Å². The van der Waals surface area contributed by atoms with Crippen LogP contribution in [0, 0.1) is 11.6 Å². The van der Waals surface area contributed by atoms with Crippen LogP contribution in [0.25, 0.3) is 0 Å². The fourth-order valence-electron chi connectivity index (χ4n) is 2.39. The Morgan fingerprint density at radius 1 is 1.00 bits per heavy atom. The Kier molecular flexibility index (Phi) is 5.00. The van der Waals surface area contributed by atoms with Gasteiger partial charge in [0.1, 0.15) is 11.6 Å². The van der Waals surface area contributed by atoms with Crippen molar-refractivity contribution < 1.29 is 8.78 Å². The lowest BCUT2D eigenvalue weighted by Crippen LogP contribution is -2.03. The normalized spacial score (nSPS) is 12.7. The van der Waals surface area contributed by atoms with Crippen molar-refractivity contribution in [2.75, 3.05) is 0 Å². The molecule has 0 radical (unpaired) electrons. The predicted molar refractivity (Wildman–Crippen MR) is 84.0 cm³/mol. The number of hydrogen-bond donors (Lipinski definition) is 0. The summed E-state index contributed by atoms with van der Waals surface area (Å²) in [7, 11) is 0. The van der Waals surface area contributed by atoms with Crippen molar-refractivity contribution in [2.45, 2.75) is 39.0 Å². The van der Waals surface area contributed by atoms with Gasteiger partial charge in [-0.05, 0) is 53.6 Å². The van der Waals surface area contributed by atoms with Gasteiger partial charge in [0.25, 0.3) is 0 Å². The van der Waals surface area contributed by atoms with Gasteiger partial charge in [-0.15, -0.1) is 0 Å². The third kappa shape index (κ3) is 3.82. The van der Waals surface area contributed by atoms with Gasteiger partial charge in [0, 0.05) is 10.6 Å². The van der Waals surface area contributed by atoms with Crippen LogP contribution in [0.5, 0.6) is 0 Å². The Morgan fingerprint density at radius 2 is 1.71 bits per heavy atom. The van der Waals surface area contributed by atoms with E-state index in [4.69, 9.17) is 11.6 Å². The van der Waals surface area contributed by atoms with Crippen molar-refractivity contribution in [3.05, 3.63) is 69.7 Å². The van der Waals surface area contributed by atoms with Crippen LogP contribution in [0.1, 0.15) is 49.3 Å². The smallest absolute Gasteiger partial charge is 0.128 e. The van der Waals surface area contributed by atoms with E-state index in [1.165, 1.54) is 12.1 Å². The molecule has 0 fully saturated rings. The minimum Gasteiger partial charge on any atom is -0.207 e. The second-order valence-corrected chi connectivity index (χ2v) is 6.19. The Hall–Kier alpha value is -1.41. The SMILES string of the molecule is CC(C)c1cc(F)c(CC(C)c2cccc(F)c2)c(Cl)c1. The highest BCUT2D eigenvalue weighted by Gasteiger charge is 2.16. The van der Waals surface area contributed by atoms with Gasteiger partial charge in [-0.25, -0.2) is 8.78 Å². The van der Waals surface area contributed by atoms with Crippen LogP contribution in [0.3, 0.4) is 0 Å². The molecule has 1 unspecified atom stereocenters. The molecule has 0 aromatic heterocycles. The lowest BCUT2D eigenvalue weighted by atomic mass is 9.92. The molecule has 0 amide bonds. The summed E-state index contributed by atoms with van der Waals surface area (Å²) in [5, 5.41) is 0.446. The second kappa shape index (κ2) is 6.57. The molecule has 0 aliphatic heterocycles. The molecule has 0 aliphatic rings. The Bertz CT molecular complexity index is 612.